The molecule has 3 rings (SSSR count). The molecule has 1 aromatic heterocycles. The van der Waals surface area contributed by atoms with Gasteiger partial charge in [-0.2, -0.15) is 0 Å². The first-order valence-corrected chi connectivity index (χ1v) is 6.94. The molecule has 0 atom stereocenters. The molecule has 1 amide bonds. The van der Waals surface area contributed by atoms with E-state index in [1.54, 1.807) is 25.1 Å². The largest absolute Gasteiger partial charge is 0.497 e. The van der Waals surface area contributed by atoms with Crippen molar-refractivity contribution in [2.75, 3.05) is 12.4 Å². The van der Waals surface area contributed by atoms with Gasteiger partial charge in [0.05, 0.1) is 12.8 Å². The van der Waals surface area contributed by atoms with Crippen molar-refractivity contribution >= 4 is 22.6 Å². The van der Waals surface area contributed by atoms with Crippen LogP contribution in [0, 0.1) is 24.4 Å². The first kappa shape index (κ1) is 15.9. The average molecular weight is 335 g/mol. The fourth-order valence-electron chi connectivity index (χ4n) is 2.35. The molecule has 0 saturated carbocycles. The van der Waals surface area contributed by atoms with Crippen molar-refractivity contribution in [3.63, 3.8) is 0 Å². The Bertz CT molecular complexity index is 950. The van der Waals surface area contributed by atoms with Crippen LogP contribution in [-0.2, 0) is 0 Å². The van der Waals surface area contributed by atoms with Crippen LogP contribution in [0.25, 0.3) is 11.0 Å². The number of amides is 1. The Hall–Kier alpha value is -2.96. The number of carbonyl (C=O) groups is 1. The number of aryl methyl sites for hydroxylation is 1. The maximum atomic E-state index is 13.7. The minimum absolute atomic E-state index is 0.0533. The number of hydrogen-bond acceptors (Lipinski definition) is 3. The van der Waals surface area contributed by atoms with Crippen LogP contribution in [0.5, 0.6) is 5.75 Å². The SMILES string of the molecule is COc1ccc2oc(C(=O)Nc3ccc(F)c(F)c3F)c(C)c2c1. The zero-order chi connectivity index (χ0) is 17.4. The van der Waals surface area contributed by atoms with Gasteiger partial charge < -0.3 is 14.5 Å². The number of hydrogen-bond donors (Lipinski definition) is 1. The molecule has 0 unspecified atom stereocenters. The molecule has 0 spiro atoms. The monoisotopic (exact) mass is 335 g/mol. The molecule has 0 radical (unpaired) electrons. The number of ether oxygens (including phenoxy) is 1. The molecule has 0 bridgehead atoms. The van der Waals surface area contributed by atoms with Crippen molar-refractivity contribution in [3.8, 4) is 5.75 Å². The van der Waals surface area contributed by atoms with Crippen molar-refractivity contribution in [3.05, 3.63) is 59.1 Å². The molecule has 7 heteroatoms. The van der Waals surface area contributed by atoms with Crippen LogP contribution in [0.3, 0.4) is 0 Å². The Kier molecular flexibility index (Phi) is 3.92. The molecule has 0 aliphatic rings. The van der Waals surface area contributed by atoms with Crippen LogP contribution in [-0.4, -0.2) is 13.0 Å². The third kappa shape index (κ3) is 2.58. The predicted octanol–water partition coefficient (Wildman–Crippen LogP) is 4.42. The molecule has 4 nitrogen and oxygen atoms in total. The van der Waals surface area contributed by atoms with Gasteiger partial charge in [-0.1, -0.05) is 0 Å². The minimum Gasteiger partial charge on any atom is -0.497 e. The standard InChI is InChI=1S/C17H12F3NO3/c1-8-10-7-9(23-2)3-6-13(10)24-16(8)17(22)21-12-5-4-11(18)14(19)15(12)20/h3-7H,1-2H3,(H,21,22). The normalized spacial score (nSPS) is 10.9. The number of halogens is 3. The molecular formula is C17H12F3NO3. The maximum Gasteiger partial charge on any atom is 0.291 e. The molecule has 1 heterocycles. The molecule has 0 saturated heterocycles. The predicted molar refractivity (Wildman–Crippen MR) is 81.8 cm³/mol. The van der Waals surface area contributed by atoms with E-state index in [-0.39, 0.29) is 5.76 Å². The lowest BCUT2D eigenvalue weighted by Gasteiger charge is -2.06. The van der Waals surface area contributed by atoms with Crippen LogP contribution >= 0.6 is 0 Å². The van der Waals surface area contributed by atoms with E-state index in [0.29, 0.717) is 22.3 Å². The molecule has 2 aromatic carbocycles. The number of methoxy groups -OCH3 is 1. The van der Waals surface area contributed by atoms with Gasteiger partial charge in [-0.15, -0.1) is 0 Å². The highest BCUT2D eigenvalue weighted by Crippen LogP contribution is 2.29. The molecule has 0 fully saturated rings. The number of fused-ring (bicyclic) bond motifs is 1. The van der Waals surface area contributed by atoms with Gasteiger partial charge in [0, 0.05) is 10.9 Å². The van der Waals surface area contributed by atoms with Crippen LogP contribution in [0.1, 0.15) is 16.1 Å². The summed E-state index contributed by atoms with van der Waals surface area (Å²) in [7, 11) is 1.51. The summed E-state index contributed by atoms with van der Waals surface area (Å²) in [5.74, 6) is -4.70. The molecule has 3 aromatic rings. The van der Waals surface area contributed by atoms with Crippen LogP contribution < -0.4 is 10.1 Å². The zero-order valence-corrected chi connectivity index (χ0v) is 12.7. The number of anilines is 1. The molecule has 0 aliphatic heterocycles. The van der Waals surface area contributed by atoms with Gasteiger partial charge in [-0.3, -0.25) is 4.79 Å². The number of carbonyl (C=O) groups excluding carboxylic acids is 1. The van der Waals surface area contributed by atoms with Crippen molar-refractivity contribution in [1.82, 2.24) is 0 Å². The topological polar surface area (TPSA) is 51.5 Å². The van der Waals surface area contributed by atoms with E-state index >= 15 is 0 Å². The van der Waals surface area contributed by atoms with Gasteiger partial charge in [0.2, 0.25) is 0 Å². The van der Waals surface area contributed by atoms with E-state index in [1.807, 2.05) is 0 Å². The Labute approximate surface area is 134 Å². The highest BCUT2D eigenvalue weighted by atomic mass is 19.2. The summed E-state index contributed by atoms with van der Waals surface area (Å²) in [6, 6.07) is 6.66. The zero-order valence-electron chi connectivity index (χ0n) is 12.7. The van der Waals surface area contributed by atoms with E-state index in [4.69, 9.17) is 9.15 Å². The summed E-state index contributed by atoms with van der Waals surface area (Å²) in [6.07, 6.45) is 0. The Morgan fingerprint density at radius 3 is 2.58 bits per heavy atom. The van der Waals surface area contributed by atoms with Gasteiger partial charge >= 0.3 is 0 Å². The highest BCUT2D eigenvalue weighted by Gasteiger charge is 2.21. The van der Waals surface area contributed by atoms with Gasteiger partial charge in [-0.25, -0.2) is 13.2 Å². The van der Waals surface area contributed by atoms with E-state index < -0.39 is 29.0 Å². The Morgan fingerprint density at radius 1 is 1.12 bits per heavy atom. The Morgan fingerprint density at radius 2 is 1.88 bits per heavy atom. The minimum atomic E-state index is -1.65. The van der Waals surface area contributed by atoms with Crippen molar-refractivity contribution in [2.24, 2.45) is 0 Å². The molecule has 0 aliphatic carbocycles. The van der Waals surface area contributed by atoms with Crippen LogP contribution in [0.15, 0.2) is 34.7 Å². The summed E-state index contributed by atoms with van der Waals surface area (Å²) in [6.45, 7) is 1.65. The second-order valence-electron chi connectivity index (χ2n) is 5.10. The number of nitrogens with one attached hydrogen (secondary N) is 1. The first-order chi connectivity index (χ1) is 11.4. The lowest BCUT2D eigenvalue weighted by Crippen LogP contribution is -2.14. The fourth-order valence-corrected chi connectivity index (χ4v) is 2.35. The molecule has 124 valence electrons. The average Bonchev–Trinajstić information content (AvgIpc) is 2.91. The third-order valence-electron chi connectivity index (χ3n) is 3.63. The fraction of sp³-hybridized carbons (Fsp3) is 0.118. The number of rotatable bonds is 3. The van der Waals surface area contributed by atoms with Gasteiger partial charge in [-0.05, 0) is 37.3 Å². The van der Waals surface area contributed by atoms with Crippen LogP contribution in [0.2, 0.25) is 0 Å². The first-order valence-electron chi connectivity index (χ1n) is 6.94. The second kappa shape index (κ2) is 5.92. The van der Waals surface area contributed by atoms with E-state index in [2.05, 4.69) is 5.32 Å². The third-order valence-corrected chi connectivity index (χ3v) is 3.63. The lowest BCUT2D eigenvalue weighted by atomic mass is 10.1. The van der Waals surface area contributed by atoms with Crippen molar-refractivity contribution < 1.29 is 27.1 Å². The summed E-state index contributed by atoms with van der Waals surface area (Å²) in [5, 5.41) is 2.84. The van der Waals surface area contributed by atoms with Gasteiger partial charge in [0.15, 0.2) is 23.2 Å². The summed E-state index contributed by atoms with van der Waals surface area (Å²) in [4.78, 5) is 12.3. The molecule has 1 N–H and O–H groups in total. The van der Waals surface area contributed by atoms with E-state index in [1.165, 1.54) is 7.11 Å². The highest BCUT2D eigenvalue weighted by molar-refractivity contribution is 6.06. The summed E-state index contributed by atoms with van der Waals surface area (Å²) < 4.78 is 50.4. The smallest absolute Gasteiger partial charge is 0.291 e. The maximum absolute atomic E-state index is 13.7. The molecule has 24 heavy (non-hydrogen) atoms. The number of benzene rings is 2. The van der Waals surface area contributed by atoms with E-state index in [9.17, 15) is 18.0 Å². The van der Waals surface area contributed by atoms with Gasteiger partial charge in [0.25, 0.3) is 5.91 Å². The van der Waals surface area contributed by atoms with Crippen molar-refractivity contribution in [1.29, 1.82) is 0 Å². The van der Waals surface area contributed by atoms with Crippen LogP contribution in [0.4, 0.5) is 18.9 Å². The van der Waals surface area contributed by atoms with E-state index in [0.717, 1.165) is 12.1 Å². The summed E-state index contributed by atoms with van der Waals surface area (Å²) in [5.41, 5.74) is 0.491. The second-order valence-corrected chi connectivity index (χ2v) is 5.10. The van der Waals surface area contributed by atoms with Gasteiger partial charge in [0.1, 0.15) is 11.3 Å². The summed E-state index contributed by atoms with van der Waals surface area (Å²) >= 11 is 0. The van der Waals surface area contributed by atoms with Crippen molar-refractivity contribution in [2.45, 2.75) is 6.92 Å². The number of furan rings is 1. The molecular weight excluding hydrogens is 323 g/mol. The Balaban J connectivity index is 1.97. The lowest BCUT2D eigenvalue weighted by molar-refractivity contribution is 0.0997. The quantitative estimate of drug-likeness (QED) is 0.721.